The van der Waals surface area contributed by atoms with Crippen molar-refractivity contribution in [2.45, 2.75) is 24.0 Å². The molecular formula is C11H14BrNO3S. The number of hydrogen-bond donors (Lipinski definition) is 0. The molecule has 1 aliphatic heterocycles. The first kappa shape index (κ1) is 13.0. The van der Waals surface area contributed by atoms with Crippen LogP contribution < -0.4 is 0 Å². The monoisotopic (exact) mass is 319 g/mol. The van der Waals surface area contributed by atoms with Gasteiger partial charge in [0.2, 0.25) is 10.0 Å². The van der Waals surface area contributed by atoms with Crippen LogP contribution in [0.25, 0.3) is 0 Å². The zero-order valence-electron chi connectivity index (χ0n) is 9.47. The largest absolute Gasteiger partial charge is 0.365 e. The Bertz CT molecular complexity index is 486. The molecule has 0 aromatic heterocycles. The Balaban J connectivity index is 2.33. The highest BCUT2D eigenvalue weighted by atomic mass is 79.9. The molecule has 0 spiro atoms. The van der Waals surface area contributed by atoms with Crippen molar-refractivity contribution in [3.63, 3.8) is 0 Å². The Morgan fingerprint density at radius 2 is 2.00 bits per heavy atom. The molecule has 2 rings (SSSR count). The van der Waals surface area contributed by atoms with Crippen molar-refractivity contribution in [3.8, 4) is 0 Å². The van der Waals surface area contributed by atoms with Crippen molar-refractivity contribution in [2.24, 2.45) is 0 Å². The lowest BCUT2D eigenvalue weighted by Gasteiger charge is -2.22. The van der Waals surface area contributed by atoms with Gasteiger partial charge in [-0.05, 0) is 37.1 Å². The van der Waals surface area contributed by atoms with E-state index in [2.05, 4.69) is 15.9 Å². The number of nitrogens with zero attached hydrogens (tertiary/aromatic N) is 1. The third-order valence-electron chi connectivity index (χ3n) is 2.84. The molecule has 6 heteroatoms. The van der Waals surface area contributed by atoms with Gasteiger partial charge in [-0.1, -0.05) is 15.9 Å². The van der Waals surface area contributed by atoms with E-state index in [1.54, 1.807) is 31.4 Å². The molecule has 17 heavy (non-hydrogen) atoms. The lowest BCUT2D eigenvalue weighted by atomic mass is 10.4. The number of halogens is 1. The fourth-order valence-corrected chi connectivity index (χ4v) is 3.85. The Morgan fingerprint density at radius 1 is 1.35 bits per heavy atom. The molecular weight excluding hydrogens is 306 g/mol. The molecule has 1 aliphatic rings. The highest BCUT2D eigenvalue weighted by Crippen LogP contribution is 2.26. The fraction of sp³-hybridized carbons (Fsp3) is 0.455. The van der Waals surface area contributed by atoms with E-state index in [0.29, 0.717) is 11.4 Å². The second-order valence-electron chi connectivity index (χ2n) is 3.90. The minimum atomic E-state index is -3.43. The van der Waals surface area contributed by atoms with E-state index in [9.17, 15) is 8.42 Å². The summed E-state index contributed by atoms with van der Waals surface area (Å²) in [5, 5.41) is 0. The maximum Gasteiger partial charge on any atom is 0.245 e. The van der Waals surface area contributed by atoms with Crippen LogP contribution in [0.2, 0.25) is 0 Å². The van der Waals surface area contributed by atoms with Crippen LogP contribution >= 0.6 is 15.9 Å². The molecule has 0 radical (unpaired) electrons. The standard InChI is InChI=1S/C11H14BrNO3S/c1-16-11-3-2-8-13(11)17(14,15)10-6-4-9(12)5-7-10/h4-7,11H,2-3,8H2,1H3/t11-/m1/s1. The van der Waals surface area contributed by atoms with Gasteiger partial charge in [-0.25, -0.2) is 8.42 Å². The van der Waals surface area contributed by atoms with Gasteiger partial charge in [-0.3, -0.25) is 0 Å². The van der Waals surface area contributed by atoms with Crippen molar-refractivity contribution in [3.05, 3.63) is 28.7 Å². The van der Waals surface area contributed by atoms with E-state index in [4.69, 9.17) is 4.74 Å². The minimum absolute atomic E-state index is 0.310. The first-order chi connectivity index (χ1) is 8.05. The predicted molar refractivity (Wildman–Crippen MR) is 68.1 cm³/mol. The molecule has 1 aromatic carbocycles. The number of methoxy groups -OCH3 is 1. The number of ether oxygens (including phenoxy) is 1. The van der Waals surface area contributed by atoms with Gasteiger partial charge in [0.1, 0.15) is 6.23 Å². The fourth-order valence-electron chi connectivity index (χ4n) is 1.96. The van der Waals surface area contributed by atoms with Crippen molar-refractivity contribution in [2.75, 3.05) is 13.7 Å². The highest BCUT2D eigenvalue weighted by Gasteiger charge is 2.35. The molecule has 1 aromatic rings. The van der Waals surface area contributed by atoms with Gasteiger partial charge in [0.25, 0.3) is 0 Å². The summed E-state index contributed by atoms with van der Waals surface area (Å²) in [5.41, 5.74) is 0. The van der Waals surface area contributed by atoms with Crippen LogP contribution in [0, 0.1) is 0 Å². The molecule has 4 nitrogen and oxygen atoms in total. The van der Waals surface area contributed by atoms with E-state index < -0.39 is 10.0 Å². The molecule has 1 fully saturated rings. The van der Waals surface area contributed by atoms with Gasteiger partial charge in [0.05, 0.1) is 4.90 Å². The second-order valence-corrected chi connectivity index (χ2v) is 6.71. The van der Waals surface area contributed by atoms with Crippen LogP contribution in [0.5, 0.6) is 0 Å². The lowest BCUT2D eigenvalue weighted by molar-refractivity contribution is 0.0406. The average Bonchev–Trinajstić information content (AvgIpc) is 2.78. The van der Waals surface area contributed by atoms with Crippen LogP contribution in [0.15, 0.2) is 33.6 Å². The first-order valence-electron chi connectivity index (χ1n) is 5.36. The first-order valence-corrected chi connectivity index (χ1v) is 7.59. The van der Waals surface area contributed by atoms with Gasteiger partial charge < -0.3 is 4.74 Å². The molecule has 94 valence electrons. The molecule has 0 bridgehead atoms. The van der Waals surface area contributed by atoms with Crippen LogP contribution in [-0.2, 0) is 14.8 Å². The number of sulfonamides is 1. The summed E-state index contributed by atoms with van der Waals surface area (Å²) in [5.74, 6) is 0. The van der Waals surface area contributed by atoms with Crippen molar-refractivity contribution in [1.82, 2.24) is 4.31 Å². The minimum Gasteiger partial charge on any atom is -0.365 e. The number of rotatable bonds is 3. The van der Waals surface area contributed by atoms with Gasteiger partial charge in [-0.15, -0.1) is 0 Å². The topological polar surface area (TPSA) is 46.6 Å². The molecule has 1 heterocycles. The molecule has 1 saturated heterocycles. The Morgan fingerprint density at radius 3 is 2.59 bits per heavy atom. The third kappa shape index (κ3) is 2.54. The van der Waals surface area contributed by atoms with Crippen LogP contribution in [0.3, 0.4) is 0 Å². The van der Waals surface area contributed by atoms with Crippen LogP contribution in [-0.4, -0.2) is 32.6 Å². The van der Waals surface area contributed by atoms with Crippen molar-refractivity contribution < 1.29 is 13.2 Å². The maximum absolute atomic E-state index is 12.3. The van der Waals surface area contributed by atoms with E-state index in [1.807, 2.05) is 0 Å². The van der Waals surface area contributed by atoms with Gasteiger partial charge >= 0.3 is 0 Å². The van der Waals surface area contributed by atoms with Gasteiger partial charge in [0.15, 0.2) is 0 Å². The summed E-state index contributed by atoms with van der Waals surface area (Å²) < 4.78 is 32.2. The van der Waals surface area contributed by atoms with Crippen LogP contribution in [0.1, 0.15) is 12.8 Å². The summed E-state index contributed by atoms with van der Waals surface area (Å²) >= 11 is 3.29. The van der Waals surface area contributed by atoms with E-state index in [1.165, 1.54) is 4.31 Å². The molecule has 0 N–H and O–H groups in total. The molecule has 0 amide bonds. The van der Waals surface area contributed by atoms with Crippen molar-refractivity contribution in [1.29, 1.82) is 0 Å². The molecule has 1 atom stereocenters. The Hall–Kier alpha value is -0.430. The SMILES string of the molecule is CO[C@@H]1CCCN1S(=O)(=O)c1ccc(Br)cc1. The summed E-state index contributed by atoms with van der Waals surface area (Å²) in [6.07, 6.45) is 1.27. The predicted octanol–water partition coefficient (Wildman–Crippen LogP) is 2.21. The second kappa shape index (κ2) is 5.06. The maximum atomic E-state index is 12.3. The van der Waals surface area contributed by atoms with E-state index in [-0.39, 0.29) is 6.23 Å². The normalized spacial score (nSPS) is 21.9. The van der Waals surface area contributed by atoms with Crippen LogP contribution in [0.4, 0.5) is 0 Å². The Labute approximate surface area is 110 Å². The molecule has 0 saturated carbocycles. The van der Waals surface area contributed by atoms with Crippen molar-refractivity contribution >= 4 is 26.0 Å². The zero-order valence-corrected chi connectivity index (χ0v) is 11.9. The summed E-state index contributed by atoms with van der Waals surface area (Å²) in [4.78, 5) is 0.310. The quantitative estimate of drug-likeness (QED) is 0.858. The van der Waals surface area contributed by atoms with E-state index in [0.717, 1.165) is 17.3 Å². The summed E-state index contributed by atoms with van der Waals surface area (Å²) in [7, 11) is -1.89. The molecule has 0 aliphatic carbocycles. The zero-order chi connectivity index (χ0) is 12.5. The van der Waals surface area contributed by atoms with Gasteiger partial charge in [-0.2, -0.15) is 4.31 Å². The third-order valence-corrected chi connectivity index (χ3v) is 5.27. The van der Waals surface area contributed by atoms with E-state index >= 15 is 0 Å². The lowest BCUT2D eigenvalue weighted by Crippen LogP contribution is -2.36. The molecule has 0 unspecified atom stereocenters. The number of hydrogen-bond acceptors (Lipinski definition) is 3. The number of benzene rings is 1. The average molecular weight is 320 g/mol. The summed E-state index contributed by atoms with van der Waals surface area (Å²) in [6.45, 7) is 0.525. The highest BCUT2D eigenvalue weighted by molar-refractivity contribution is 9.10. The van der Waals surface area contributed by atoms with Gasteiger partial charge in [0, 0.05) is 18.1 Å². The summed E-state index contributed by atoms with van der Waals surface area (Å²) in [6, 6.07) is 6.66. The smallest absolute Gasteiger partial charge is 0.245 e. The Kier molecular flexibility index (Phi) is 3.87.